The van der Waals surface area contributed by atoms with E-state index in [0.717, 1.165) is 0 Å². The Kier molecular flexibility index (Phi) is 6.18. The lowest BCUT2D eigenvalue weighted by atomic mass is 10.1. The second kappa shape index (κ2) is 8.41. The third-order valence-electron chi connectivity index (χ3n) is 4.59. The number of nitrogens with zero attached hydrogens (tertiary/aromatic N) is 3. The van der Waals surface area contributed by atoms with Crippen molar-refractivity contribution in [3.8, 4) is 5.69 Å². The molecule has 1 N–H and O–H groups in total. The maximum absolute atomic E-state index is 12.5. The molecule has 0 radical (unpaired) electrons. The van der Waals surface area contributed by atoms with Crippen LogP contribution in [-0.4, -0.2) is 47.4 Å². The number of halogens is 1. The van der Waals surface area contributed by atoms with Gasteiger partial charge in [-0.3, -0.25) is 4.79 Å². The molecule has 1 aliphatic heterocycles. The molecular weight excluding hydrogens is 388 g/mol. The Morgan fingerprint density at radius 2 is 1.89 bits per heavy atom. The van der Waals surface area contributed by atoms with E-state index in [0.29, 0.717) is 43.7 Å². The van der Waals surface area contributed by atoms with Crippen molar-refractivity contribution in [2.75, 3.05) is 24.2 Å². The van der Waals surface area contributed by atoms with E-state index in [4.69, 9.17) is 11.6 Å². The maximum Gasteiger partial charge on any atom is 0.292 e. The zero-order valence-corrected chi connectivity index (χ0v) is 16.7. The second-order valence-electron chi connectivity index (χ2n) is 6.56. The molecule has 0 aliphatic carbocycles. The third-order valence-corrected chi connectivity index (χ3v) is 7.03. The van der Waals surface area contributed by atoms with Crippen molar-refractivity contribution in [2.24, 2.45) is 0 Å². The van der Waals surface area contributed by atoms with Crippen molar-refractivity contribution in [3.63, 3.8) is 0 Å². The molecule has 2 heterocycles. The van der Waals surface area contributed by atoms with Crippen molar-refractivity contribution >= 4 is 27.3 Å². The fourth-order valence-electron chi connectivity index (χ4n) is 3.17. The largest absolute Gasteiger partial charge is 0.380 e. The molecule has 0 unspecified atom stereocenters. The number of piperidine rings is 1. The predicted molar refractivity (Wildman–Crippen MR) is 107 cm³/mol. The smallest absolute Gasteiger partial charge is 0.292 e. The topological polar surface area (TPSA) is 84.3 Å². The lowest BCUT2D eigenvalue weighted by Gasteiger charge is -2.32. The van der Waals surface area contributed by atoms with Gasteiger partial charge in [0, 0.05) is 19.1 Å². The Bertz CT molecular complexity index is 939. The lowest BCUT2D eigenvalue weighted by molar-refractivity contribution is 0.329. The highest BCUT2D eigenvalue weighted by Gasteiger charge is 2.27. The van der Waals surface area contributed by atoms with E-state index in [9.17, 15) is 13.2 Å². The van der Waals surface area contributed by atoms with Crippen LogP contribution in [0.4, 0.5) is 5.69 Å². The molecular formula is C18H23ClN4O3S. The summed E-state index contributed by atoms with van der Waals surface area (Å²) in [6.07, 6.45) is 3.46. The van der Waals surface area contributed by atoms with E-state index in [1.807, 2.05) is 25.1 Å². The molecule has 27 heavy (non-hydrogen) atoms. The normalized spacial score (nSPS) is 16.4. The Labute approximate surface area is 164 Å². The van der Waals surface area contributed by atoms with E-state index in [1.165, 1.54) is 10.9 Å². The first-order chi connectivity index (χ1) is 12.9. The van der Waals surface area contributed by atoms with Crippen molar-refractivity contribution < 1.29 is 8.42 Å². The van der Waals surface area contributed by atoms with Gasteiger partial charge in [-0.25, -0.2) is 12.7 Å². The van der Waals surface area contributed by atoms with Crippen molar-refractivity contribution in [1.82, 2.24) is 14.1 Å². The second-order valence-corrected chi connectivity index (χ2v) is 9.02. The molecule has 1 aromatic heterocycles. The highest BCUT2D eigenvalue weighted by molar-refractivity contribution is 7.89. The van der Waals surface area contributed by atoms with Crippen LogP contribution >= 0.6 is 11.6 Å². The summed E-state index contributed by atoms with van der Waals surface area (Å²) in [4.78, 5) is 12.5. The number of rotatable bonds is 6. The van der Waals surface area contributed by atoms with Gasteiger partial charge < -0.3 is 5.32 Å². The molecule has 0 spiro atoms. The zero-order chi connectivity index (χ0) is 19.4. The summed E-state index contributed by atoms with van der Waals surface area (Å²) in [6.45, 7) is 2.79. The molecule has 1 aliphatic rings. The Morgan fingerprint density at radius 3 is 2.52 bits per heavy atom. The molecule has 3 rings (SSSR count). The monoisotopic (exact) mass is 410 g/mol. The summed E-state index contributed by atoms with van der Waals surface area (Å²) < 4.78 is 27.1. The van der Waals surface area contributed by atoms with Gasteiger partial charge in [-0.05, 0) is 31.4 Å². The molecule has 0 amide bonds. The van der Waals surface area contributed by atoms with Gasteiger partial charge in [0.25, 0.3) is 5.56 Å². The molecule has 9 heteroatoms. The van der Waals surface area contributed by atoms with Crippen LogP contribution in [-0.2, 0) is 10.0 Å². The summed E-state index contributed by atoms with van der Waals surface area (Å²) in [5, 5.41) is 7.53. The summed E-state index contributed by atoms with van der Waals surface area (Å²) in [6, 6.07) is 9.12. The van der Waals surface area contributed by atoms with Gasteiger partial charge in [-0.1, -0.05) is 36.7 Å². The number of hydrogen-bond donors (Lipinski definition) is 1. The Morgan fingerprint density at radius 1 is 1.22 bits per heavy atom. The quantitative estimate of drug-likeness (QED) is 0.790. The summed E-state index contributed by atoms with van der Waals surface area (Å²) in [7, 11) is -3.17. The molecule has 0 saturated carbocycles. The lowest BCUT2D eigenvalue weighted by Crippen LogP contribution is -2.43. The van der Waals surface area contributed by atoms with Gasteiger partial charge >= 0.3 is 0 Å². The van der Waals surface area contributed by atoms with E-state index in [-0.39, 0.29) is 16.8 Å². The summed E-state index contributed by atoms with van der Waals surface area (Å²) in [5.41, 5.74) is 0.727. The van der Waals surface area contributed by atoms with E-state index in [1.54, 1.807) is 16.4 Å². The number of para-hydroxylation sites is 1. The van der Waals surface area contributed by atoms with Crippen LogP contribution in [0.3, 0.4) is 0 Å². The zero-order valence-electron chi connectivity index (χ0n) is 15.1. The number of anilines is 1. The van der Waals surface area contributed by atoms with Crippen LogP contribution in [0.15, 0.2) is 41.3 Å². The highest BCUT2D eigenvalue weighted by Crippen LogP contribution is 2.22. The first kappa shape index (κ1) is 19.9. The first-order valence-electron chi connectivity index (χ1n) is 9.00. The van der Waals surface area contributed by atoms with Gasteiger partial charge in [0.2, 0.25) is 10.0 Å². The maximum atomic E-state index is 12.5. The molecule has 0 atom stereocenters. The fraction of sp³-hybridized carbons (Fsp3) is 0.444. The van der Waals surface area contributed by atoms with Gasteiger partial charge in [-0.2, -0.15) is 9.78 Å². The van der Waals surface area contributed by atoms with Crippen LogP contribution in [0.25, 0.3) is 5.69 Å². The van der Waals surface area contributed by atoms with Crippen LogP contribution in [0.1, 0.15) is 26.2 Å². The SMILES string of the molecule is CCCS(=O)(=O)N1CCC(Nc2cnn(-c3ccccc3)c(=O)c2Cl)CC1. The minimum absolute atomic E-state index is 0.0457. The molecule has 146 valence electrons. The van der Waals surface area contributed by atoms with Gasteiger partial charge in [0.05, 0.1) is 23.3 Å². The van der Waals surface area contributed by atoms with E-state index in [2.05, 4.69) is 10.4 Å². The molecule has 7 nitrogen and oxygen atoms in total. The average Bonchev–Trinajstić information content (AvgIpc) is 2.67. The summed E-state index contributed by atoms with van der Waals surface area (Å²) >= 11 is 6.27. The molecule has 2 aromatic rings. The van der Waals surface area contributed by atoms with Gasteiger partial charge in [0.15, 0.2) is 0 Å². The minimum Gasteiger partial charge on any atom is -0.380 e. The Hall–Kier alpha value is -1.90. The number of aromatic nitrogens is 2. The van der Waals surface area contributed by atoms with Crippen molar-refractivity contribution in [2.45, 2.75) is 32.2 Å². The molecule has 1 aromatic carbocycles. The average molecular weight is 411 g/mol. The number of hydrogen-bond acceptors (Lipinski definition) is 5. The van der Waals surface area contributed by atoms with E-state index >= 15 is 0 Å². The molecule has 1 fully saturated rings. The van der Waals surface area contributed by atoms with Crippen LogP contribution < -0.4 is 10.9 Å². The van der Waals surface area contributed by atoms with E-state index < -0.39 is 15.6 Å². The van der Waals surface area contributed by atoms with Crippen LogP contribution in [0.2, 0.25) is 5.02 Å². The van der Waals surface area contributed by atoms with Gasteiger partial charge in [-0.15, -0.1) is 0 Å². The number of nitrogens with one attached hydrogen (secondary N) is 1. The Balaban J connectivity index is 1.69. The molecule has 0 bridgehead atoms. The van der Waals surface area contributed by atoms with Crippen LogP contribution in [0.5, 0.6) is 0 Å². The molecule has 1 saturated heterocycles. The third kappa shape index (κ3) is 4.51. The minimum atomic E-state index is -3.17. The summed E-state index contributed by atoms with van der Waals surface area (Å²) in [5.74, 6) is 0.179. The first-order valence-corrected chi connectivity index (χ1v) is 11.0. The highest BCUT2D eigenvalue weighted by atomic mass is 35.5. The van der Waals surface area contributed by atoms with Crippen LogP contribution in [0, 0.1) is 0 Å². The number of benzene rings is 1. The number of sulfonamides is 1. The van der Waals surface area contributed by atoms with Crippen molar-refractivity contribution in [1.29, 1.82) is 0 Å². The predicted octanol–water partition coefficient (Wildman–Crippen LogP) is 2.50. The van der Waals surface area contributed by atoms with Gasteiger partial charge in [0.1, 0.15) is 5.02 Å². The fourth-order valence-corrected chi connectivity index (χ4v) is 4.90. The standard InChI is InChI=1S/C18H23ClN4O3S/c1-2-12-27(25,26)22-10-8-14(9-11-22)21-16-13-20-23(18(24)17(16)19)15-6-4-3-5-7-15/h3-7,13-14,21H,2,8-12H2,1H3. The van der Waals surface area contributed by atoms with Crippen molar-refractivity contribution in [3.05, 3.63) is 51.9 Å².